The van der Waals surface area contributed by atoms with Crippen LogP contribution in [0.1, 0.15) is 40.0 Å². The van der Waals surface area contributed by atoms with E-state index in [0.717, 1.165) is 48.6 Å². The molecule has 2 aromatic carbocycles. The number of benzene rings is 2. The second-order valence-electron chi connectivity index (χ2n) is 8.26. The Labute approximate surface area is 183 Å². The maximum absolute atomic E-state index is 14.0. The molecule has 7 heteroatoms. The number of aryl methyl sites for hydroxylation is 2. The van der Waals surface area contributed by atoms with E-state index in [1.807, 2.05) is 26.8 Å². The van der Waals surface area contributed by atoms with Crippen LogP contribution in [0.3, 0.4) is 0 Å². The van der Waals surface area contributed by atoms with Crippen LogP contribution in [0.5, 0.6) is 0 Å². The van der Waals surface area contributed by atoms with E-state index in [0.29, 0.717) is 5.56 Å². The summed E-state index contributed by atoms with van der Waals surface area (Å²) in [5, 5.41) is 5.54. The number of hydrogen-bond acceptors (Lipinski definition) is 4. The molecule has 0 aromatic heterocycles. The van der Waals surface area contributed by atoms with E-state index in [4.69, 9.17) is 0 Å². The molecule has 0 aliphatic carbocycles. The molecule has 0 saturated carbocycles. The van der Waals surface area contributed by atoms with E-state index < -0.39 is 6.04 Å². The fraction of sp³-hybridized carbons (Fsp3) is 0.417. The van der Waals surface area contributed by atoms with E-state index in [-0.39, 0.29) is 24.2 Å². The summed E-state index contributed by atoms with van der Waals surface area (Å²) < 4.78 is 14.0. The minimum absolute atomic E-state index is 0.144. The van der Waals surface area contributed by atoms with E-state index in [2.05, 4.69) is 27.5 Å². The summed E-state index contributed by atoms with van der Waals surface area (Å²) in [6.45, 7) is 9.17. The first-order valence-corrected chi connectivity index (χ1v) is 10.6. The lowest BCUT2D eigenvalue weighted by Crippen LogP contribution is -2.45. The van der Waals surface area contributed by atoms with Gasteiger partial charge in [0.25, 0.3) is 5.91 Å². The molecule has 31 heavy (non-hydrogen) atoms. The molecule has 1 heterocycles. The lowest BCUT2D eigenvalue weighted by atomic mass is 10.0. The third-order valence-electron chi connectivity index (χ3n) is 5.86. The third kappa shape index (κ3) is 5.82. The standard InChI is InChI=1S/C24H31FN4O2/c1-16-5-6-19(13-17(16)2)24(31)26-15-23(30)27-18(3)21-14-20(25)7-8-22(21)29-11-9-28(4)10-12-29/h5-8,13-14,18H,9-12,15H2,1-4H3,(H,26,31)(H,27,30)/t18-/m1/s1. The lowest BCUT2D eigenvalue weighted by Gasteiger charge is -2.36. The van der Waals surface area contributed by atoms with Gasteiger partial charge in [-0.3, -0.25) is 9.59 Å². The van der Waals surface area contributed by atoms with Crippen molar-refractivity contribution in [3.8, 4) is 0 Å². The number of nitrogens with zero attached hydrogens (tertiary/aromatic N) is 2. The highest BCUT2D eigenvalue weighted by Crippen LogP contribution is 2.28. The van der Waals surface area contributed by atoms with Crippen molar-refractivity contribution in [2.24, 2.45) is 0 Å². The monoisotopic (exact) mass is 426 g/mol. The summed E-state index contributed by atoms with van der Waals surface area (Å²) in [5.74, 6) is -0.954. The molecule has 0 bridgehead atoms. The molecular formula is C24H31FN4O2. The third-order valence-corrected chi connectivity index (χ3v) is 5.86. The Morgan fingerprint density at radius 3 is 2.42 bits per heavy atom. The van der Waals surface area contributed by atoms with Crippen LogP contribution in [0.4, 0.5) is 10.1 Å². The number of nitrogens with one attached hydrogen (secondary N) is 2. The van der Waals surface area contributed by atoms with E-state index in [1.54, 1.807) is 18.2 Å². The molecule has 1 saturated heterocycles. The molecule has 166 valence electrons. The van der Waals surface area contributed by atoms with Gasteiger partial charge in [0.2, 0.25) is 5.91 Å². The van der Waals surface area contributed by atoms with Crippen LogP contribution in [0.2, 0.25) is 0 Å². The van der Waals surface area contributed by atoms with Crippen molar-refractivity contribution >= 4 is 17.5 Å². The summed E-state index contributed by atoms with van der Waals surface area (Å²) >= 11 is 0. The smallest absolute Gasteiger partial charge is 0.251 e. The van der Waals surface area contributed by atoms with Crippen molar-refractivity contribution in [1.82, 2.24) is 15.5 Å². The van der Waals surface area contributed by atoms with Crippen molar-refractivity contribution in [2.45, 2.75) is 26.8 Å². The average molecular weight is 427 g/mol. The Hall–Kier alpha value is -2.93. The summed E-state index contributed by atoms with van der Waals surface area (Å²) in [6, 6.07) is 9.75. The highest BCUT2D eigenvalue weighted by Gasteiger charge is 2.21. The number of carbonyl (C=O) groups excluding carboxylic acids is 2. The summed E-state index contributed by atoms with van der Waals surface area (Å²) in [5.41, 5.74) is 4.31. The Morgan fingerprint density at radius 2 is 1.74 bits per heavy atom. The minimum atomic E-state index is -0.392. The maximum atomic E-state index is 14.0. The molecule has 1 aliphatic rings. The molecule has 2 amide bonds. The van der Waals surface area contributed by atoms with Crippen LogP contribution in [0.25, 0.3) is 0 Å². The Morgan fingerprint density at radius 1 is 1.03 bits per heavy atom. The lowest BCUT2D eigenvalue weighted by molar-refractivity contribution is -0.120. The number of carbonyl (C=O) groups is 2. The summed E-state index contributed by atoms with van der Waals surface area (Å²) in [4.78, 5) is 29.3. The molecule has 0 unspecified atom stereocenters. The molecule has 1 atom stereocenters. The molecule has 1 fully saturated rings. The highest BCUT2D eigenvalue weighted by molar-refractivity contribution is 5.96. The Kier molecular flexibility index (Phi) is 7.28. The SMILES string of the molecule is Cc1ccc(C(=O)NCC(=O)N[C@H](C)c2cc(F)ccc2N2CCN(C)CC2)cc1C. The topological polar surface area (TPSA) is 64.7 Å². The average Bonchev–Trinajstić information content (AvgIpc) is 2.74. The zero-order chi connectivity index (χ0) is 22.5. The number of likely N-dealkylation sites (N-methyl/N-ethyl adjacent to an activating group) is 1. The first kappa shape index (κ1) is 22.7. The van der Waals surface area contributed by atoms with Crippen molar-refractivity contribution in [3.05, 3.63) is 64.5 Å². The zero-order valence-corrected chi connectivity index (χ0v) is 18.7. The zero-order valence-electron chi connectivity index (χ0n) is 18.7. The van der Waals surface area contributed by atoms with E-state index in [9.17, 15) is 14.0 Å². The van der Waals surface area contributed by atoms with Gasteiger partial charge in [-0.15, -0.1) is 0 Å². The van der Waals surface area contributed by atoms with Crippen LogP contribution in [0, 0.1) is 19.7 Å². The fourth-order valence-electron chi connectivity index (χ4n) is 3.72. The fourth-order valence-corrected chi connectivity index (χ4v) is 3.72. The van der Waals surface area contributed by atoms with Crippen molar-refractivity contribution in [1.29, 1.82) is 0 Å². The van der Waals surface area contributed by atoms with Gasteiger partial charge in [-0.05, 0) is 69.3 Å². The van der Waals surface area contributed by atoms with E-state index in [1.165, 1.54) is 12.1 Å². The van der Waals surface area contributed by atoms with Crippen LogP contribution >= 0.6 is 0 Å². The predicted molar refractivity (Wildman–Crippen MR) is 121 cm³/mol. The molecule has 6 nitrogen and oxygen atoms in total. The normalized spacial score (nSPS) is 15.5. The van der Waals surface area contributed by atoms with Crippen LogP contribution < -0.4 is 15.5 Å². The van der Waals surface area contributed by atoms with Gasteiger partial charge in [0, 0.05) is 43.0 Å². The van der Waals surface area contributed by atoms with Gasteiger partial charge < -0.3 is 20.4 Å². The molecular weight excluding hydrogens is 395 g/mol. The Bertz CT molecular complexity index is 955. The molecule has 0 spiro atoms. The number of amides is 2. The van der Waals surface area contributed by atoms with Crippen LogP contribution in [0.15, 0.2) is 36.4 Å². The molecule has 3 rings (SSSR count). The van der Waals surface area contributed by atoms with Crippen LogP contribution in [-0.2, 0) is 4.79 Å². The molecule has 2 N–H and O–H groups in total. The maximum Gasteiger partial charge on any atom is 0.251 e. The van der Waals surface area contributed by atoms with Crippen LogP contribution in [-0.4, -0.2) is 56.5 Å². The second kappa shape index (κ2) is 9.92. The summed E-state index contributed by atoms with van der Waals surface area (Å²) in [6.07, 6.45) is 0. The molecule has 2 aromatic rings. The number of rotatable bonds is 6. The van der Waals surface area contributed by atoms with Gasteiger partial charge in [-0.2, -0.15) is 0 Å². The van der Waals surface area contributed by atoms with Crippen molar-refractivity contribution < 1.29 is 14.0 Å². The first-order chi connectivity index (χ1) is 14.7. The van der Waals surface area contributed by atoms with Gasteiger partial charge in [-0.25, -0.2) is 4.39 Å². The van der Waals surface area contributed by atoms with E-state index >= 15 is 0 Å². The van der Waals surface area contributed by atoms with Crippen molar-refractivity contribution in [3.63, 3.8) is 0 Å². The molecule has 0 radical (unpaired) electrons. The van der Waals surface area contributed by atoms with Gasteiger partial charge in [0.15, 0.2) is 0 Å². The van der Waals surface area contributed by atoms with Crippen molar-refractivity contribution in [2.75, 3.05) is 44.7 Å². The number of piperazine rings is 1. The van der Waals surface area contributed by atoms with Gasteiger partial charge in [0.05, 0.1) is 12.6 Å². The van der Waals surface area contributed by atoms with Gasteiger partial charge in [-0.1, -0.05) is 6.07 Å². The number of hydrogen-bond donors (Lipinski definition) is 2. The number of halogens is 1. The second-order valence-corrected chi connectivity index (χ2v) is 8.26. The first-order valence-electron chi connectivity index (χ1n) is 10.6. The predicted octanol–water partition coefficient (Wildman–Crippen LogP) is 2.80. The largest absolute Gasteiger partial charge is 0.369 e. The van der Waals surface area contributed by atoms with Gasteiger partial charge in [0.1, 0.15) is 5.82 Å². The molecule has 1 aliphatic heterocycles. The highest BCUT2D eigenvalue weighted by atomic mass is 19.1. The summed E-state index contributed by atoms with van der Waals surface area (Å²) in [7, 11) is 2.08. The minimum Gasteiger partial charge on any atom is -0.369 e. The number of anilines is 1. The quantitative estimate of drug-likeness (QED) is 0.746. The Balaban J connectivity index is 1.62. The van der Waals surface area contributed by atoms with Gasteiger partial charge >= 0.3 is 0 Å².